The standard InChI is InChI=1S/C15H22ClN3O4S/c1-23-12(11-17)10-15(20)18-6-8-19(9-7-18)24(21,22)14-5-3-2-4-13(14)16/h2-5,12H,6-11,17H2,1H3. The van der Waals surface area contributed by atoms with Crippen LogP contribution in [0.4, 0.5) is 0 Å². The number of rotatable bonds is 6. The summed E-state index contributed by atoms with van der Waals surface area (Å²) >= 11 is 6.00. The molecule has 1 fully saturated rings. The Bertz CT molecular complexity index is 671. The van der Waals surface area contributed by atoms with Crippen LogP contribution in [0.15, 0.2) is 29.2 Å². The average molecular weight is 376 g/mol. The maximum Gasteiger partial charge on any atom is 0.244 e. The molecule has 0 aliphatic carbocycles. The van der Waals surface area contributed by atoms with Crippen molar-refractivity contribution in [3.63, 3.8) is 0 Å². The first-order chi connectivity index (χ1) is 11.4. The smallest absolute Gasteiger partial charge is 0.244 e. The van der Waals surface area contributed by atoms with Crippen LogP contribution in [0.25, 0.3) is 0 Å². The van der Waals surface area contributed by atoms with E-state index in [2.05, 4.69) is 0 Å². The van der Waals surface area contributed by atoms with Crippen molar-refractivity contribution in [2.24, 2.45) is 5.73 Å². The molecule has 0 bridgehead atoms. The summed E-state index contributed by atoms with van der Waals surface area (Å²) in [5.41, 5.74) is 5.52. The number of nitrogens with two attached hydrogens (primary N) is 1. The van der Waals surface area contributed by atoms with Gasteiger partial charge in [0.15, 0.2) is 0 Å². The van der Waals surface area contributed by atoms with Crippen LogP contribution in [-0.4, -0.2) is 69.5 Å². The van der Waals surface area contributed by atoms with Gasteiger partial charge in [-0.2, -0.15) is 4.31 Å². The molecule has 1 aliphatic rings. The fourth-order valence-corrected chi connectivity index (χ4v) is 4.47. The van der Waals surface area contributed by atoms with Gasteiger partial charge in [0.05, 0.1) is 17.5 Å². The van der Waals surface area contributed by atoms with Crippen LogP contribution in [-0.2, 0) is 19.6 Å². The highest BCUT2D eigenvalue weighted by Gasteiger charge is 2.31. The number of carbonyl (C=O) groups excluding carboxylic acids is 1. The molecule has 134 valence electrons. The van der Waals surface area contributed by atoms with E-state index in [0.717, 1.165) is 0 Å². The number of methoxy groups -OCH3 is 1. The first-order valence-corrected chi connectivity index (χ1v) is 9.47. The molecule has 1 aromatic rings. The zero-order chi connectivity index (χ0) is 17.7. The number of piperazine rings is 1. The highest BCUT2D eigenvalue weighted by molar-refractivity contribution is 7.89. The molecule has 2 rings (SSSR count). The van der Waals surface area contributed by atoms with Crippen molar-refractivity contribution in [2.75, 3.05) is 39.8 Å². The molecule has 1 aromatic carbocycles. The van der Waals surface area contributed by atoms with Crippen LogP contribution in [0.1, 0.15) is 6.42 Å². The van der Waals surface area contributed by atoms with Crippen LogP contribution in [0.2, 0.25) is 5.02 Å². The Hall–Kier alpha value is -1.19. The van der Waals surface area contributed by atoms with Crippen LogP contribution < -0.4 is 5.73 Å². The van der Waals surface area contributed by atoms with E-state index in [9.17, 15) is 13.2 Å². The van der Waals surface area contributed by atoms with Gasteiger partial charge in [-0.15, -0.1) is 0 Å². The van der Waals surface area contributed by atoms with Crippen molar-refractivity contribution in [1.82, 2.24) is 9.21 Å². The third-order valence-corrected chi connectivity index (χ3v) is 6.44. The maximum atomic E-state index is 12.7. The SMILES string of the molecule is COC(CN)CC(=O)N1CCN(S(=O)(=O)c2ccccc2Cl)CC1. The van der Waals surface area contributed by atoms with Gasteiger partial charge in [-0.25, -0.2) is 8.42 Å². The molecule has 24 heavy (non-hydrogen) atoms. The van der Waals surface area contributed by atoms with E-state index < -0.39 is 10.0 Å². The summed E-state index contributed by atoms with van der Waals surface area (Å²) in [6.07, 6.45) is -0.119. The molecule has 1 aliphatic heterocycles. The first kappa shape index (κ1) is 19.1. The Morgan fingerprint density at radius 1 is 1.29 bits per heavy atom. The average Bonchev–Trinajstić information content (AvgIpc) is 2.59. The highest BCUT2D eigenvalue weighted by atomic mass is 35.5. The van der Waals surface area contributed by atoms with E-state index in [-0.39, 0.29) is 48.0 Å². The predicted octanol–water partition coefficient (Wildman–Crippen LogP) is 0.537. The predicted molar refractivity (Wildman–Crippen MR) is 91.3 cm³/mol. The van der Waals surface area contributed by atoms with Gasteiger partial charge < -0.3 is 15.4 Å². The zero-order valence-electron chi connectivity index (χ0n) is 13.5. The molecule has 1 unspecified atom stereocenters. The molecular formula is C15H22ClN3O4S. The lowest BCUT2D eigenvalue weighted by Crippen LogP contribution is -2.51. The van der Waals surface area contributed by atoms with Gasteiger partial charge >= 0.3 is 0 Å². The second-order valence-corrected chi connectivity index (χ2v) is 7.83. The lowest BCUT2D eigenvalue weighted by atomic mass is 10.2. The van der Waals surface area contributed by atoms with Gasteiger partial charge in [0.1, 0.15) is 4.90 Å². The number of carbonyl (C=O) groups is 1. The lowest BCUT2D eigenvalue weighted by Gasteiger charge is -2.34. The summed E-state index contributed by atoms with van der Waals surface area (Å²) in [5, 5.41) is 0.196. The van der Waals surface area contributed by atoms with Gasteiger partial charge in [-0.3, -0.25) is 4.79 Å². The van der Waals surface area contributed by atoms with Crippen molar-refractivity contribution in [2.45, 2.75) is 17.4 Å². The molecule has 1 atom stereocenters. The van der Waals surface area contributed by atoms with Crippen molar-refractivity contribution in [1.29, 1.82) is 0 Å². The largest absolute Gasteiger partial charge is 0.380 e. The van der Waals surface area contributed by atoms with E-state index in [1.54, 1.807) is 23.1 Å². The summed E-state index contributed by atoms with van der Waals surface area (Å²) < 4.78 is 31.8. The van der Waals surface area contributed by atoms with E-state index in [4.69, 9.17) is 22.1 Å². The molecule has 0 radical (unpaired) electrons. The van der Waals surface area contributed by atoms with Gasteiger partial charge in [-0.05, 0) is 12.1 Å². The topological polar surface area (TPSA) is 92.9 Å². The fraction of sp³-hybridized carbons (Fsp3) is 0.533. The minimum absolute atomic E-state index is 0.0814. The second-order valence-electron chi connectivity index (χ2n) is 5.51. The number of nitrogens with zero attached hydrogens (tertiary/aromatic N) is 2. The van der Waals surface area contributed by atoms with E-state index in [1.165, 1.54) is 17.5 Å². The quantitative estimate of drug-likeness (QED) is 0.783. The molecule has 0 saturated carbocycles. The van der Waals surface area contributed by atoms with Crippen LogP contribution in [0.3, 0.4) is 0 Å². The Kier molecular flexibility index (Phi) is 6.59. The van der Waals surface area contributed by atoms with Crippen LogP contribution in [0, 0.1) is 0 Å². The molecule has 1 heterocycles. The third kappa shape index (κ3) is 4.25. The summed E-state index contributed by atoms with van der Waals surface area (Å²) in [7, 11) is -2.14. The number of benzene rings is 1. The molecule has 2 N–H and O–H groups in total. The molecule has 0 aromatic heterocycles. The Balaban J connectivity index is 2.00. The van der Waals surface area contributed by atoms with Gasteiger partial charge in [0.2, 0.25) is 15.9 Å². The number of ether oxygens (including phenoxy) is 1. The number of amides is 1. The lowest BCUT2D eigenvalue weighted by molar-refractivity contribution is -0.134. The minimum atomic E-state index is -3.66. The van der Waals surface area contributed by atoms with E-state index in [0.29, 0.717) is 13.1 Å². The fourth-order valence-electron chi connectivity index (χ4n) is 2.56. The van der Waals surface area contributed by atoms with Gasteiger partial charge in [-0.1, -0.05) is 23.7 Å². The monoisotopic (exact) mass is 375 g/mol. The maximum absolute atomic E-state index is 12.7. The molecule has 1 saturated heterocycles. The number of hydrogen-bond donors (Lipinski definition) is 1. The van der Waals surface area contributed by atoms with Gasteiger partial charge in [0, 0.05) is 39.8 Å². The Labute approximate surface area is 147 Å². The van der Waals surface area contributed by atoms with Crippen LogP contribution in [0.5, 0.6) is 0 Å². The van der Waals surface area contributed by atoms with Crippen LogP contribution >= 0.6 is 11.6 Å². The zero-order valence-corrected chi connectivity index (χ0v) is 15.1. The summed E-state index contributed by atoms with van der Waals surface area (Å²) in [6.45, 7) is 1.41. The van der Waals surface area contributed by atoms with Crippen molar-refractivity contribution < 1.29 is 17.9 Å². The normalized spacial score (nSPS) is 17.7. The molecule has 1 amide bonds. The first-order valence-electron chi connectivity index (χ1n) is 7.65. The van der Waals surface area contributed by atoms with E-state index in [1.807, 2.05) is 0 Å². The molecule has 7 nitrogen and oxygen atoms in total. The summed E-state index contributed by atoms with van der Waals surface area (Å²) in [6, 6.07) is 6.35. The third-order valence-electron chi connectivity index (χ3n) is 4.04. The number of halogens is 1. The van der Waals surface area contributed by atoms with Crippen molar-refractivity contribution >= 4 is 27.5 Å². The second kappa shape index (κ2) is 8.26. The molecular weight excluding hydrogens is 354 g/mol. The number of hydrogen-bond acceptors (Lipinski definition) is 5. The Morgan fingerprint density at radius 3 is 2.46 bits per heavy atom. The summed E-state index contributed by atoms with van der Waals surface area (Å²) in [4.78, 5) is 13.9. The highest BCUT2D eigenvalue weighted by Crippen LogP contribution is 2.25. The minimum Gasteiger partial charge on any atom is -0.380 e. The molecule has 9 heteroatoms. The van der Waals surface area contributed by atoms with Crippen molar-refractivity contribution in [3.05, 3.63) is 29.3 Å². The molecule has 0 spiro atoms. The Morgan fingerprint density at radius 2 is 1.92 bits per heavy atom. The number of sulfonamides is 1. The van der Waals surface area contributed by atoms with E-state index >= 15 is 0 Å². The van der Waals surface area contributed by atoms with Crippen molar-refractivity contribution in [3.8, 4) is 0 Å². The van der Waals surface area contributed by atoms with Gasteiger partial charge in [0.25, 0.3) is 0 Å². The summed E-state index contributed by atoms with van der Waals surface area (Å²) in [5.74, 6) is -0.0814.